The van der Waals surface area contributed by atoms with Crippen molar-refractivity contribution in [3.05, 3.63) is 65.0 Å². The molecule has 0 saturated carbocycles. The fourth-order valence-electron chi connectivity index (χ4n) is 4.86. The van der Waals surface area contributed by atoms with Crippen molar-refractivity contribution in [2.24, 2.45) is 0 Å². The molecule has 0 radical (unpaired) electrons. The lowest BCUT2D eigenvalue weighted by Gasteiger charge is -2.23. The molecule has 4 heteroatoms. The topological polar surface area (TPSA) is 45.4 Å². The maximum atomic E-state index is 6.58. The van der Waals surface area contributed by atoms with E-state index in [1.165, 1.54) is 16.6 Å². The van der Waals surface area contributed by atoms with E-state index >= 15 is 0 Å². The number of nitrogens with zero attached hydrogens (tertiary/aromatic N) is 2. The lowest BCUT2D eigenvalue weighted by atomic mass is 9.89. The molecule has 0 atom stereocenters. The van der Waals surface area contributed by atoms with Crippen molar-refractivity contribution in [1.29, 1.82) is 0 Å². The Kier molecular flexibility index (Phi) is 6.46. The maximum Gasteiger partial charge on any atom is 0.203 e. The van der Waals surface area contributed by atoms with Gasteiger partial charge >= 0.3 is 0 Å². The van der Waals surface area contributed by atoms with Crippen LogP contribution in [-0.2, 0) is 0 Å². The average Bonchev–Trinajstić information content (AvgIpc) is 2.83. The van der Waals surface area contributed by atoms with Crippen LogP contribution >= 0.6 is 0 Å². The molecular weight excluding hydrogens is 406 g/mol. The Balaban J connectivity index is 2.13. The van der Waals surface area contributed by atoms with Crippen LogP contribution in [0.25, 0.3) is 33.4 Å². The number of benzene rings is 3. The number of rotatable bonds is 6. The molecule has 0 unspecified atom stereocenters. The molecule has 33 heavy (non-hydrogen) atoms. The summed E-state index contributed by atoms with van der Waals surface area (Å²) >= 11 is 0. The Hall–Kier alpha value is -3.27. The third-order valence-corrected chi connectivity index (χ3v) is 6.95. The number of aryl methyl sites for hydroxylation is 1. The molecule has 0 fully saturated rings. The highest BCUT2D eigenvalue weighted by atomic mass is 16.3. The molecule has 1 aliphatic heterocycles. The molecule has 2 N–H and O–H groups in total. The highest BCUT2D eigenvalue weighted by Crippen LogP contribution is 2.43. The quantitative estimate of drug-likeness (QED) is 0.224. The van der Waals surface area contributed by atoms with Gasteiger partial charge in [-0.2, -0.15) is 0 Å². The fourth-order valence-corrected chi connectivity index (χ4v) is 4.86. The van der Waals surface area contributed by atoms with E-state index in [1.54, 1.807) is 0 Å². The summed E-state index contributed by atoms with van der Waals surface area (Å²) in [5.41, 5.74) is 15.1. The predicted octanol–water partition coefficient (Wildman–Crippen LogP) is 6.06. The fraction of sp³-hybridized carbons (Fsp3) is 0.345. The monoisotopic (exact) mass is 442 g/mol. The molecule has 172 valence electrons. The maximum absolute atomic E-state index is 6.58. The Bertz CT molecular complexity index is 1340. The highest BCUT2D eigenvalue weighted by molar-refractivity contribution is 6.03. The second-order valence-corrected chi connectivity index (χ2v) is 8.65. The van der Waals surface area contributed by atoms with Crippen LogP contribution < -0.4 is 20.6 Å². The second kappa shape index (κ2) is 9.30. The van der Waals surface area contributed by atoms with Gasteiger partial charge in [-0.15, -0.1) is 0 Å². The van der Waals surface area contributed by atoms with Crippen molar-refractivity contribution in [2.45, 2.75) is 41.5 Å². The van der Waals surface area contributed by atoms with Gasteiger partial charge in [0.1, 0.15) is 24.4 Å². The summed E-state index contributed by atoms with van der Waals surface area (Å²) in [7, 11) is 0. The van der Waals surface area contributed by atoms with Gasteiger partial charge in [-0.3, -0.25) is 0 Å². The first kappa shape index (κ1) is 22.9. The Morgan fingerprint density at radius 3 is 2.21 bits per heavy atom. The summed E-state index contributed by atoms with van der Waals surface area (Å²) in [4.78, 5) is 2.35. The van der Waals surface area contributed by atoms with Crippen molar-refractivity contribution in [3.8, 4) is 22.5 Å². The highest BCUT2D eigenvalue weighted by Gasteiger charge is 2.21. The van der Waals surface area contributed by atoms with Crippen molar-refractivity contribution in [1.82, 2.24) is 4.58 Å². The van der Waals surface area contributed by atoms with E-state index in [0.29, 0.717) is 0 Å². The van der Waals surface area contributed by atoms with E-state index < -0.39 is 0 Å². The summed E-state index contributed by atoms with van der Waals surface area (Å²) in [5, 5.41) is 2.29. The minimum Gasteiger partial charge on any atom is -0.456 e. The lowest BCUT2D eigenvalue weighted by Crippen LogP contribution is -2.29. The van der Waals surface area contributed by atoms with E-state index in [-0.39, 0.29) is 0 Å². The summed E-state index contributed by atoms with van der Waals surface area (Å²) in [6, 6.07) is 17.5. The molecule has 0 bridgehead atoms. The first-order valence-corrected chi connectivity index (χ1v) is 12.1. The molecule has 2 aliphatic rings. The minimum absolute atomic E-state index is 0.856. The molecule has 1 aliphatic carbocycles. The van der Waals surface area contributed by atoms with Crippen LogP contribution in [0.5, 0.6) is 0 Å². The van der Waals surface area contributed by atoms with Gasteiger partial charge < -0.3 is 15.1 Å². The van der Waals surface area contributed by atoms with Gasteiger partial charge in [-0.25, -0.2) is 4.58 Å². The SMILES string of the molecule is CCN(CC)c1ccc2c(-c3ccc(C)c(N)c3C)c3ccc(=[N+](CC)CC)cc-3oc2c1. The Morgan fingerprint density at radius 1 is 0.848 bits per heavy atom. The van der Waals surface area contributed by atoms with E-state index in [4.69, 9.17) is 10.2 Å². The van der Waals surface area contributed by atoms with Gasteiger partial charge in [-0.05, 0) is 76.4 Å². The molecule has 1 heterocycles. The standard InChI is InChI=1S/C29H36N3O/c1-7-31(8-2)21-12-15-24-26(17-21)33-27-18-22(32(9-3)10-4)13-16-25(27)28(24)23-14-11-19(5)29(30)20(23)6/h11-18H,7-10,30H2,1-6H3/q+1. The van der Waals surface area contributed by atoms with Gasteiger partial charge in [0.15, 0.2) is 0 Å². The van der Waals surface area contributed by atoms with Crippen molar-refractivity contribution in [2.75, 3.05) is 36.8 Å². The molecule has 0 aromatic heterocycles. The molecular formula is C29H36N3O+. The van der Waals surface area contributed by atoms with E-state index in [0.717, 1.165) is 70.8 Å². The summed E-state index contributed by atoms with van der Waals surface area (Å²) in [6.07, 6.45) is 0. The van der Waals surface area contributed by atoms with Gasteiger partial charge in [0.05, 0.1) is 6.07 Å². The van der Waals surface area contributed by atoms with Crippen LogP contribution in [-0.4, -0.2) is 26.2 Å². The first-order chi connectivity index (χ1) is 15.9. The third-order valence-electron chi connectivity index (χ3n) is 6.95. The zero-order chi connectivity index (χ0) is 23.7. The number of hydrogen-bond donors (Lipinski definition) is 1. The summed E-state index contributed by atoms with van der Waals surface area (Å²) in [5.74, 6) is 0.900. The van der Waals surface area contributed by atoms with E-state index in [2.05, 4.69) is 99.5 Å². The predicted molar refractivity (Wildman–Crippen MR) is 142 cm³/mol. The van der Waals surface area contributed by atoms with Crippen LogP contribution in [0.15, 0.2) is 52.9 Å². The molecule has 0 amide bonds. The number of fused-ring (bicyclic) bond motifs is 2. The second-order valence-electron chi connectivity index (χ2n) is 8.65. The molecule has 2 aromatic rings. The van der Waals surface area contributed by atoms with E-state index in [1.807, 2.05) is 0 Å². The molecule has 4 nitrogen and oxygen atoms in total. The van der Waals surface area contributed by atoms with Crippen molar-refractivity contribution in [3.63, 3.8) is 0 Å². The van der Waals surface area contributed by atoms with Gasteiger partial charge in [0, 0.05) is 53.1 Å². The van der Waals surface area contributed by atoms with Gasteiger partial charge in [-0.1, -0.05) is 12.1 Å². The molecule has 0 spiro atoms. The van der Waals surface area contributed by atoms with Crippen LogP contribution in [0.2, 0.25) is 0 Å². The zero-order valence-corrected chi connectivity index (χ0v) is 20.8. The number of nitrogen functional groups attached to an aromatic ring is 1. The molecule has 0 saturated heterocycles. The molecule has 4 rings (SSSR count). The Morgan fingerprint density at radius 2 is 1.55 bits per heavy atom. The zero-order valence-electron chi connectivity index (χ0n) is 20.8. The number of nitrogens with two attached hydrogens (primary N) is 1. The molecule has 2 aromatic carbocycles. The van der Waals surface area contributed by atoms with Crippen LogP contribution in [0, 0.1) is 13.8 Å². The smallest absolute Gasteiger partial charge is 0.203 e. The van der Waals surface area contributed by atoms with Gasteiger partial charge in [0.25, 0.3) is 0 Å². The number of hydrogen-bond acceptors (Lipinski definition) is 3. The largest absolute Gasteiger partial charge is 0.456 e. The van der Waals surface area contributed by atoms with Crippen molar-refractivity contribution >= 4 is 22.3 Å². The van der Waals surface area contributed by atoms with Crippen LogP contribution in [0.1, 0.15) is 38.8 Å². The first-order valence-electron chi connectivity index (χ1n) is 12.1. The number of anilines is 2. The Labute approximate surface area is 197 Å². The minimum atomic E-state index is 0.856. The average molecular weight is 443 g/mol. The lowest BCUT2D eigenvalue weighted by molar-refractivity contribution is 0.604. The van der Waals surface area contributed by atoms with Gasteiger partial charge in [0.2, 0.25) is 5.36 Å². The normalized spacial score (nSPS) is 11.3. The third kappa shape index (κ3) is 3.99. The summed E-state index contributed by atoms with van der Waals surface area (Å²) < 4.78 is 8.92. The van der Waals surface area contributed by atoms with E-state index in [9.17, 15) is 0 Å². The van der Waals surface area contributed by atoms with Crippen LogP contribution in [0.3, 0.4) is 0 Å². The summed E-state index contributed by atoms with van der Waals surface area (Å²) in [6.45, 7) is 16.8. The van der Waals surface area contributed by atoms with Crippen molar-refractivity contribution < 1.29 is 4.42 Å². The van der Waals surface area contributed by atoms with Crippen LogP contribution in [0.4, 0.5) is 11.4 Å².